The highest BCUT2D eigenvalue weighted by Gasteiger charge is 2.25. The summed E-state index contributed by atoms with van der Waals surface area (Å²) in [6.45, 7) is 3.04. The number of fused-ring (bicyclic) bond motifs is 1. The largest absolute Gasteiger partial charge is 0.486 e. The van der Waals surface area contributed by atoms with E-state index in [9.17, 15) is 13.2 Å². The van der Waals surface area contributed by atoms with Crippen LogP contribution >= 0.6 is 11.6 Å². The summed E-state index contributed by atoms with van der Waals surface area (Å²) in [7, 11) is -0.837. The molecule has 0 atom stereocenters. The number of ether oxygens (including phenoxy) is 3. The molecule has 11 heteroatoms. The molecule has 1 fully saturated rings. The van der Waals surface area contributed by atoms with Crippen molar-refractivity contribution in [3.05, 3.63) is 40.9 Å². The van der Waals surface area contributed by atoms with Crippen molar-refractivity contribution in [3.63, 3.8) is 0 Å². The van der Waals surface area contributed by atoms with Gasteiger partial charge >= 0.3 is 0 Å². The van der Waals surface area contributed by atoms with Gasteiger partial charge in [-0.25, -0.2) is 12.7 Å². The third kappa shape index (κ3) is 4.49. The number of carbonyl (C=O) groups excluding carboxylic acids is 1. The third-order valence-electron chi connectivity index (χ3n) is 5.22. The fourth-order valence-corrected chi connectivity index (χ4v) is 4.63. The van der Waals surface area contributed by atoms with Crippen LogP contribution in [0.1, 0.15) is 10.4 Å². The van der Waals surface area contributed by atoms with Crippen LogP contribution in [-0.2, 0) is 14.8 Å². The molecule has 1 amide bonds. The molecule has 2 aromatic rings. The van der Waals surface area contributed by atoms with Crippen molar-refractivity contribution in [2.75, 3.05) is 63.8 Å². The molecule has 1 saturated heterocycles. The highest BCUT2D eigenvalue weighted by atomic mass is 35.5. The molecule has 0 aromatic heterocycles. The van der Waals surface area contributed by atoms with Gasteiger partial charge < -0.3 is 24.4 Å². The van der Waals surface area contributed by atoms with E-state index in [1.807, 2.05) is 4.90 Å². The molecule has 0 saturated carbocycles. The number of amides is 1. The van der Waals surface area contributed by atoms with Crippen LogP contribution in [-0.4, -0.2) is 72.2 Å². The molecule has 4 rings (SSSR count). The molecule has 2 heterocycles. The summed E-state index contributed by atoms with van der Waals surface area (Å²) in [5.74, 6) is 0.501. The summed E-state index contributed by atoms with van der Waals surface area (Å²) in [4.78, 5) is 15.4. The van der Waals surface area contributed by atoms with Gasteiger partial charge in [0, 0.05) is 45.0 Å². The minimum atomic E-state index is -3.73. The molecule has 2 aliphatic rings. The molecule has 32 heavy (non-hydrogen) atoms. The van der Waals surface area contributed by atoms with Crippen molar-refractivity contribution < 1.29 is 27.4 Å². The predicted molar refractivity (Wildman–Crippen MR) is 121 cm³/mol. The number of anilines is 2. The number of sulfonamides is 1. The summed E-state index contributed by atoms with van der Waals surface area (Å²) in [6.07, 6.45) is 0. The first-order valence-electron chi connectivity index (χ1n) is 10.1. The summed E-state index contributed by atoms with van der Waals surface area (Å²) < 4.78 is 43.0. The van der Waals surface area contributed by atoms with Crippen LogP contribution in [0.15, 0.2) is 35.2 Å². The lowest BCUT2D eigenvalue weighted by atomic mass is 10.1. The number of carbonyl (C=O) groups is 1. The van der Waals surface area contributed by atoms with Crippen molar-refractivity contribution in [2.24, 2.45) is 0 Å². The number of benzene rings is 2. The number of morpholine rings is 1. The molecule has 2 aliphatic heterocycles. The van der Waals surface area contributed by atoms with Gasteiger partial charge in [0.2, 0.25) is 10.0 Å². The quantitative estimate of drug-likeness (QED) is 0.700. The average Bonchev–Trinajstić information content (AvgIpc) is 2.79. The Hall–Kier alpha value is -2.53. The highest BCUT2D eigenvalue weighted by molar-refractivity contribution is 7.89. The molecule has 172 valence electrons. The van der Waals surface area contributed by atoms with E-state index in [1.165, 1.54) is 26.2 Å². The number of halogens is 1. The summed E-state index contributed by atoms with van der Waals surface area (Å²) in [5, 5.41) is 3.08. The molecular weight excluding hydrogens is 458 g/mol. The molecule has 2 aromatic carbocycles. The Bertz CT molecular complexity index is 1130. The summed E-state index contributed by atoms with van der Waals surface area (Å²) in [6, 6.07) is 7.74. The van der Waals surface area contributed by atoms with Crippen molar-refractivity contribution >= 4 is 38.9 Å². The molecule has 0 bridgehead atoms. The predicted octanol–water partition coefficient (Wildman–Crippen LogP) is 2.45. The van der Waals surface area contributed by atoms with Crippen LogP contribution in [0.3, 0.4) is 0 Å². The normalized spacial score (nSPS) is 16.2. The second-order valence-corrected chi connectivity index (χ2v) is 10.1. The zero-order chi connectivity index (χ0) is 22.9. The van der Waals surface area contributed by atoms with Gasteiger partial charge in [0.1, 0.15) is 13.2 Å². The Labute approximate surface area is 191 Å². The molecule has 9 nitrogen and oxygen atoms in total. The van der Waals surface area contributed by atoms with E-state index >= 15 is 0 Å². The van der Waals surface area contributed by atoms with Crippen molar-refractivity contribution in [2.45, 2.75) is 4.90 Å². The lowest BCUT2D eigenvalue weighted by Gasteiger charge is -2.30. The lowest BCUT2D eigenvalue weighted by molar-refractivity contribution is 0.102. The maximum Gasteiger partial charge on any atom is 0.257 e. The third-order valence-corrected chi connectivity index (χ3v) is 7.35. The zero-order valence-electron chi connectivity index (χ0n) is 17.8. The first-order chi connectivity index (χ1) is 15.3. The first kappa shape index (κ1) is 22.7. The van der Waals surface area contributed by atoms with Crippen LogP contribution in [0, 0.1) is 0 Å². The highest BCUT2D eigenvalue weighted by Crippen LogP contribution is 2.38. The second-order valence-electron chi connectivity index (χ2n) is 7.50. The number of hydrogen-bond donors (Lipinski definition) is 1. The zero-order valence-corrected chi connectivity index (χ0v) is 19.3. The van der Waals surface area contributed by atoms with Crippen LogP contribution < -0.4 is 19.7 Å². The smallest absolute Gasteiger partial charge is 0.257 e. The summed E-state index contributed by atoms with van der Waals surface area (Å²) >= 11 is 6.35. The number of nitrogens with one attached hydrogen (secondary N) is 1. The Balaban J connectivity index is 1.72. The lowest BCUT2D eigenvalue weighted by Crippen LogP contribution is -2.37. The average molecular weight is 482 g/mol. The van der Waals surface area contributed by atoms with E-state index in [0.717, 1.165) is 4.31 Å². The standard InChI is InChI=1S/C21H24ClN3O6S/c1-24(2)32(27,28)14-3-4-18(25-5-7-29-8-6-25)15(11-14)21(26)23-17-13-20-19(12-16(17)22)30-9-10-31-20/h3-4,11-13H,5-10H2,1-2H3,(H,23,26). The van der Waals surface area contributed by atoms with Crippen LogP contribution in [0.5, 0.6) is 11.5 Å². The summed E-state index contributed by atoms with van der Waals surface area (Å²) in [5.41, 5.74) is 1.19. The van der Waals surface area contributed by atoms with Crippen LogP contribution in [0.2, 0.25) is 5.02 Å². The Morgan fingerprint density at radius 2 is 1.69 bits per heavy atom. The topological polar surface area (TPSA) is 97.4 Å². The van der Waals surface area contributed by atoms with E-state index in [2.05, 4.69) is 5.32 Å². The maximum atomic E-state index is 13.3. The molecule has 0 aliphatic carbocycles. The Kier molecular flexibility index (Phi) is 6.47. The Morgan fingerprint density at radius 3 is 2.34 bits per heavy atom. The van der Waals surface area contributed by atoms with E-state index in [4.69, 9.17) is 25.8 Å². The minimum Gasteiger partial charge on any atom is -0.486 e. The molecule has 0 unspecified atom stereocenters. The van der Waals surface area contributed by atoms with Crippen molar-refractivity contribution in [1.29, 1.82) is 0 Å². The van der Waals surface area contributed by atoms with E-state index in [0.29, 0.717) is 62.4 Å². The number of nitrogens with zero attached hydrogens (tertiary/aromatic N) is 2. The molecule has 1 N–H and O–H groups in total. The van der Waals surface area contributed by atoms with Gasteiger partial charge in [-0.3, -0.25) is 4.79 Å². The van der Waals surface area contributed by atoms with Crippen molar-refractivity contribution in [3.8, 4) is 11.5 Å². The van der Waals surface area contributed by atoms with Gasteiger partial charge in [0.25, 0.3) is 5.91 Å². The van der Waals surface area contributed by atoms with Crippen LogP contribution in [0.25, 0.3) is 0 Å². The molecule has 0 spiro atoms. The monoisotopic (exact) mass is 481 g/mol. The number of rotatable bonds is 5. The van der Waals surface area contributed by atoms with Crippen LogP contribution in [0.4, 0.5) is 11.4 Å². The molecule has 0 radical (unpaired) electrons. The van der Waals surface area contributed by atoms with Gasteiger partial charge in [0.15, 0.2) is 11.5 Å². The van der Waals surface area contributed by atoms with Crippen molar-refractivity contribution in [1.82, 2.24) is 4.31 Å². The van der Waals surface area contributed by atoms with Gasteiger partial charge in [-0.1, -0.05) is 11.6 Å². The fourth-order valence-electron chi connectivity index (χ4n) is 3.50. The SMILES string of the molecule is CN(C)S(=O)(=O)c1ccc(N2CCOCC2)c(C(=O)Nc2cc3c(cc2Cl)OCCO3)c1. The van der Waals surface area contributed by atoms with E-state index < -0.39 is 15.9 Å². The van der Waals surface area contributed by atoms with Gasteiger partial charge in [-0.05, 0) is 18.2 Å². The minimum absolute atomic E-state index is 0.0259. The Morgan fingerprint density at radius 1 is 1.03 bits per heavy atom. The van der Waals surface area contributed by atoms with E-state index in [1.54, 1.807) is 18.2 Å². The first-order valence-corrected chi connectivity index (χ1v) is 11.9. The van der Waals surface area contributed by atoms with Gasteiger partial charge in [-0.15, -0.1) is 0 Å². The maximum absolute atomic E-state index is 13.3. The number of hydrogen-bond acceptors (Lipinski definition) is 7. The van der Waals surface area contributed by atoms with Gasteiger partial charge in [0.05, 0.1) is 34.4 Å². The fraction of sp³-hybridized carbons (Fsp3) is 0.381. The van der Waals surface area contributed by atoms with Gasteiger partial charge in [-0.2, -0.15) is 0 Å². The van der Waals surface area contributed by atoms with E-state index in [-0.39, 0.29) is 15.5 Å². The second kappa shape index (κ2) is 9.14. The molecular formula is C21H24ClN3O6S.